The monoisotopic (exact) mass is 724 g/mol. The maximum absolute atomic E-state index is 4.81. The molecule has 6 heteroatoms. The predicted octanol–water partition coefficient (Wildman–Crippen LogP) is 5.96. The molecular formula is C19H16Cl3I2Sb. The van der Waals surface area contributed by atoms with Gasteiger partial charge in [-0.15, -0.1) is 0 Å². The Morgan fingerprint density at radius 1 is 0.520 bits per heavy atom. The van der Waals surface area contributed by atoms with Crippen LogP contribution in [0.1, 0.15) is 0 Å². The molecule has 3 rings (SSSR count). The van der Waals surface area contributed by atoms with Gasteiger partial charge in [0.05, 0.1) is 0 Å². The van der Waals surface area contributed by atoms with Crippen molar-refractivity contribution in [1.82, 2.24) is 0 Å². The molecule has 0 saturated carbocycles. The zero-order valence-electron chi connectivity index (χ0n) is 13.1. The fraction of sp³-hybridized carbons (Fsp3) is 0.0526. The van der Waals surface area contributed by atoms with Gasteiger partial charge in [0, 0.05) is 0 Å². The second kappa shape index (κ2) is 9.84. The Hall–Kier alpha value is 0.808. The molecule has 0 amide bonds. The third-order valence-corrected chi connectivity index (χ3v) is 36.4. The molecule has 0 aliphatic heterocycles. The van der Waals surface area contributed by atoms with E-state index in [4.69, 9.17) is 34.8 Å². The summed E-state index contributed by atoms with van der Waals surface area (Å²) in [7, 11) is -3.41. The molecule has 25 heavy (non-hydrogen) atoms. The second-order valence-corrected chi connectivity index (χ2v) is 55.0. The molecule has 3 aromatic carbocycles. The topological polar surface area (TPSA) is 0 Å². The number of hydrogen-bond acceptors (Lipinski definition) is 0. The summed E-state index contributed by atoms with van der Waals surface area (Å²) in [5.41, 5.74) is 0. The van der Waals surface area contributed by atoms with Crippen molar-refractivity contribution in [3.63, 3.8) is 0 Å². The SMILES string of the molecule is ClC(Cl)Cl.[I][Sb]([I])([c]1ccccc1)([c]1ccccc1)[c]1ccccc1. The van der Waals surface area contributed by atoms with Crippen LogP contribution in [0, 0.1) is 0 Å². The van der Waals surface area contributed by atoms with Crippen molar-refractivity contribution in [2.75, 3.05) is 0 Å². The van der Waals surface area contributed by atoms with Gasteiger partial charge in [-0.1, -0.05) is 34.8 Å². The van der Waals surface area contributed by atoms with Gasteiger partial charge in [-0.2, -0.15) is 0 Å². The zero-order chi connectivity index (χ0) is 18.4. The number of halogens is 5. The van der Waals surface area contributed by atoms with E-state index in [2.05, 4.69) is 128 Å². The van der Waals surface area contributed by atoms with Crippen LogP contribution in [0.3, 0.4) is 0 Å². The van der Waals surface area contributed by atoms with Gasteiger partial charge in [0.25, 0.3) is 0 Å². The molecule has 0 bridgehead atoms. The number of alkyl halides is 3. The minimum absolute atomic E-state index is 0.750. The van der Waals surface area contributed by atoms with Gasteiger partial charge in [-0.3, -0.25) is 0 Å². The third-order valence-electron chi connectivity index (χ3n) is 3.63. The molecular weight excluding hydrogens is 710 g/mol. The van der Waals surface area contributed by atoms with Crippen LogP contribution in [0.15, 0.2) is 91.0 Å². The number of hydrogen-bond donors (Lipinski definition) is 0. The van der Waals surface area contributed by atoms with E-state index in [0.29, 0.717) is 0 Å². The summed E-state index contributed by atoms with van der Waals surface area (Å²) in [5.74, 6) is 0. The van der Waals surface area contributed by atoms with Crippen LogP contribution in [-0.4, -0.2) is 13.7 Å². The summed E-state index contributed by atoms with van der Waals surface area (Å²) in [6.45, 7) is 0. The van der Waals surface area contributed by atoms with Crippen molar-refractivity contribution in [3.8, 4) is 0 Å². The van der Waals surface area contributed by atoms with E-state index in [1.165, 1.54) is 10.5 Å². The van der Waals surface area contributed by atoms with E-state index in [-0.39, 0.29) is 0 Å². The second-order valence-electron chi connectivity index (χ2n) is 5.16. The zero-order valence-corrected chi connectivity index (χ0v) is 22.2. The molecule has 0 fully saturated rings. The first-order chi connectivity index (χ1) is 11.9. The first-order valence-electron chi connectivity index (χ1n) is 7.40. The Labute approximate surface area is 184 Å². The normalized spacial score (nSPS) is 12.6. The van der Waals surface area contributed by atoms with E-state index in [1.54, 1.807) is 0 Å². The van der Waals surface area contributed by atoms with Gasteiger partial charge in [-0.25, -0.2) is 0 Å². The number of benzene rings is 3. The Morgan fingerprint density at radius 2 is 0.720 bits per heavy atom. The summed E-state index contributed by atoms with van der Waals surface area (Å²) < 4.78 is 3.68. The Bertz CT molecular complexity index is 675. The molecule has 3 aromatic rings. The quantitative estimate of drug-likeness (QED) is 0.178. The molecule has 0 aliphatic carbocycles. The Balaban J connectivity index is 0.000000511. The number of rotatable bonds is 3. The first kappa shape index (κ1) is 22.1. The molecule has 0 aliphatic rings. The van der Waals surface area contributed by atoms with Gasteiger partial charge in [0.1, 0.15) is 0 Å². The van der Waals surface area contributed by atoms with Crippen LogP contribution in [0.5, 0.6) is 0 Å². The molecule has 0 radical (unpaired) electrons. The summed E-state index contributed by atoms with van der Waals surface area (Å²) >= 11 is 20.0. The van der Waals surface area contributed by atoms with Crippen molar-refractivity contribution in [3.05, 3.63) is 91.0 Å². The molecule has 0 N–H and O–H groups in total. The molecule has 0 saturated heterocycles. The van der Waals surface area contributed by atoms with Gasteiger partial charge in [0.2, 0.25) is 0 Å². The fourth-order valence-electron chi connectivity index (χ4n) is 2.52. The Kier molecular flexibility index (Phi) is 8.70. The van der Waals surface area contributed by atoms with Crippen molar-refractivity contribution in [2.24, 2.45) is 0 Å². The first-order valence-corrected chi connectivity index (χ1v) is 27.4. The minimum atomic E-state index is -3.41. The predicted molar refractivity (Wildman–Crippen MR) is 133 cm³/mol. The molecule has 132 valence electrons. The fourth-order valence-corrected chi connectivity index (χ4v) is 24.0. The van der Waals surface area contributed by atoms with E-state index >= 15 is 0 Å². The van der Waals surface area contributed by atoms with Crippen LogP contribution in [0.2, 0.25) is 0 Å². The van der Waals surface area contributed by atoms with Crippen molar-refractivity contribution >= 4 is 91.7 Å². The van der Waals surface area contributed by atoms with E-state index in [0.717, 1.165) is 0 Å². The van der Waals surface area contributed by atoms with Gasteiger partial charge in [0.15, 0.2) is 4.30 Å². The maximum atomic E-state index is 4.81. The summed E-state index contributed by atoms with van der Waals surface area (Å²) in [4.78, 5) is 0. The van der Waals surface area contributed by atoms with Crippen LogP contribution in [-0.2, 0) is 0 Å². The average molecular weight is 726 g/mol. The summed E-state index contributed by atoms with van der Waals surface area (Å²) in [6, 6.07) is 33.0. The standard InChI is InChI=1S/3C6H5.CHCl3.2HI.Sb/c3*1-2-4-6-5-3-1;2-1(3)4;;;/h3*1-5H;1H;2*1H;/q;;;;;;+2/p-2. The van der Waals surface area contributed by atoms with Crippen LogP contribution >= 0.6 is 71.8 Å². The summed E-state index contributed by atoms with van der Waals surface area (Å²) in [5, 5.41) is 0. The van der Waals surface area contributed by atoms with Crippen LogP contribution < -0.4 is 10.5 Å². The molecule has 0 heterocycles. The van der Waals surface area contributed by atoms with Gasteiger partial charge < -0.3 is 0 Å². The van der Waals surface area contributed by atoms with Gasteiger partial charge in [-0.05, 0) is 0 Å². The molecule has 0 aromatic heterocycles. The van der Waals surface area contributed by atoms with Crippen LogP contribution in [0.4, 0.5) is 0 Å². The van der Waals surface area contributed by atoms with Crippen molar-refractivity contribution < 1.29 is 0 Å². The molecule has 0 nitrogen and oxygen atoms in total. The van der Waals surface area contributed by atoms with Gasteiger partial charge >= 0.3 is 148 Å². The Morgan fingerprint density at radius 3 is 0.920 bits per heavy atom. The van der Waals surface area contributed by atoms with Crippen molar-refractivity contribution in [1.29, 1.82) is 0 Å². The molecule has 0 atom stereocenters. The molecule has 0 unspecified atom stereocenters. The van der Waals surface area contributed by atoms with Crippen LogP contribution in [0.25, 0.3) is 0 Å². The molecule has 0 spiro atoms. The summed E-state index contributed by atoms with van der Waals surface area (Å²) in [6.07, 6.45) is 0. The van der Waals surface area contributed by atoms with Crippen molar-refractivity contribution in [2.45, 2.75) is 4.30 Å². The van der Waals surface area contributed by atoms with E-state index in [1.807, 2.05) is 0 Å². The van der Waals surface area contributed by atoms with E-state index in [9.17, 15) is 0 Å². The average Bonchev–Trinajstić information content (AvgIpc) is 2.64. The van der Waals surface area contributed by atoms with E-state index < -0.39 is 13.7 Å². The third kappa shape index (κ3) is 5.42.